The summed E-state index contributed by atoms with van der Waals surface area (Å²) in [6.07, 6.45) is 3.23. The van der Waals surface area contributed by atoms with Gasteiger partial charge in [0.15, 0.2) is 11.5 Å². The molecule has 0 saturated heterocycles. The fraction of sp³-hybridized carbons (Fsp3) is 0.588. The van der Waals surface area contributed by atoms with Crippen LogP contribution in [0.15, 0.2) is 12.1 Å². The number of ether oxygens (including phenoxy) is 2. The minimum Gasteiger partial charge on any atom is -0.493 e. The summed E-state index contributed by atoms with van der Waals surface area (Å²) in [5, 5.41) is 9.84. The Balaban J connectivity index is 2.73. The van der Waals surface area contributed by atoms with Crippen LogP contribution in [0.5, 0.6) is 11.5 Å². The molecule has 0 amide bonds. The summed E-state index contributed by atoms with van der Waals surface area (Å²) >= 11 is 0. The van der Waals surface area contributed by atoms with Gasteiger partial charge < -0.3 is 14.6 Å². The van der Waals surface area contributed by atoms with E-state index in [0.717, 1.165) is 26.2 Å². The third kappa shape index (κ3) is 3.12. The maximum absolute atomic E-state index is 13.8. The molecule has 0 aliphatic heterocycles. The Morgan fingerprint density at radius 3 is 2.22 bits per heavy atom. The molecule has 0 unspecified atom stereocenters. The van der Waals surface area contributed by atoms with Gasteiger partial charge in [-0.05, 0) is 25.0 Å². The molecule has 1 fully saturated rings. The molecule has 1 saturated carbocycles. The number of alkyl halides is 2. The number of benzene rings is 1. The van der Waals surface area contributed by atoms with Crippen molar-refractivity contribution in [1.29, 1.82) is 0 Å². The van der Waals surface area contributed by atoms with E-state index in [9.17, 15) is 18.7 Å². The van der Waals surface area contributed by atoms with E-state index in [1.54, 1.807) is 0 Å². The molecule has 23 heavy (non-hydrogen) atoms. The van der Waals surface area contributed by atoms with Crippen molar-refractivity contribution in [3.63, 3.8) is 0 Å². The minimum atomic E-state index is -3.09. The predicted molar refractivity (Wildman–Crippen MR) is 81.5 cm³/mol. The topological polar surface area (TPSA) is 55.8 Å². The fourth-order valence-corrected chi connectivity index (χ4v) is 3.33. The number of halogens is 2. The zero-order valence-corrected chi connectivity index (χ0v) is 13.6. The third-order valence-corrected chi connectivity index (χ3v) is 4.62. The zero-order chi connectivity index (χ0) is 17.3. The number of carboxylic acids is 1. The van der Waals surface area contributed by atoms with Gasteiger partial charge in [-0.15, -0.1) is 0 Å². The van der Waals surface area contributed by atoms with Crippen molar-refractivity contribution in [2.24, 2.45) is 0 Å². The van der Waals surface area contributed by atoms with Crippen LogP contribution < -0.4 is 9.47 Å². The zero-order valence-electron chi connectivity index (χ0n) is 13.6. The molecular weight excluding hydrogens is 306 g/mol. The molecule has 1 aromatic carbocycles. The second-order valence-electron chi connectivity index (χ2n) is 6.10. The first-order valence-electron chi connectivity index (χ1n) is 7.64. The van der Waals surface area contributed by atoms with Gasteiger partial charge in [0, 0.05) is 18.1 Å². The van der Waals surface area contributed by atoms with Crippen molar-refractivity contribution in [3.8, 4) is 11.5 Å². The van der Waals surface area contributed by atoms with E-state index in [0.29, 0.717) is 12.8 Å². The quantitative estimate of drug-likeness (QED) is 0.884. The highest BCUT2D eigenvalue weighted by Crippen LogP contribution is 2.48. The van der Waals surface area contributed by atoms with Gasteiger partial charge in [0.25, 0.3) is 5.92 Å². The van der Waals surface area contributed by atoms with Gasteiger partial charge in [-0.1, -0.05) is 19.3 Å². The molecule has 1 aliphatic carbocycles. The van der Waals surface area contributed by atoms with E-state index < -0.39 is 17.3 Å². The molecule has 128 valence electrons. The number of aliphatic carboxylic acids is 1. The van der Waals surface area contributed by atoms with Crippen LogP contribution in [0.4, 0.5) is 8.78 Å². The number of hydrogen-bond donors (Lipinski definition) is 1. The lowest BCUT2D eigenvalue weighted by Gasteiger charge is -2.35. The predicted octanol–water partition coefficient (Wildman–Crippen LogP) is 4.10. The van der Waals surface area contributed by atoms with Crippen LogP contribution in [0.1, 0.15) is 50.2 Å². The van der Waals surface area contributed by atoms with Crippen molar-refractivity contribution >= 4 is 5.97 Å². The molecule has 4 nitrogen and oxygen atoms in total. The maximum atomic E-state index is 13.8. The Kier molecular flexibility index (Phi) is 4.82. The van der Waals surface area contributed by atoms with Gasteiger partial charge in [0.05, 0.1) is 19.6 Å². The lowest BCUT2D eigenvalue weighted by atomic mass is 9.68. The van der Waals surface area contributed by atoms with E-state index in [1.165, 1.54) is 26.4 Å². The largest absolute Gasteiger partial charge is 0.493 e. The fourth-order valence-electron chi connectivity index (χ4n) is 3.33. The molecule has 1 aromatic rings. The molecule has 2 rings (SSSR count). The Morgan fingerprint density at radius 2 is 1.78 bits per heavy atom. The van der Waals surface area contributed by atoms with Crippen LogP contribution in [0.25, 0.3) is 0 Å². The molecule has 0 spiro atoms. The van der Waals surface area contributed by atoms with Gasteiger partial charge in [0.1, 0.15) is 0 Å². The first-order valence-corrected chi connectivity index (χ1v) is 7.64. The van der Waals surface area contributed by atoms with Crippen molar-refractivity contribution in [2.45, 2.75) is 50.4 Å². The normalized spacial score (nSPS) is 17.6. The van der Waals surface area contributed by atoms with Crippen molar-refractivity contribution < 1.29 is 28.2 Å². The Labute approximate surface area is 134 Å². The van der Waals surface area contributed by atoms with E-state index in [-0.39, 0.29) is 22.6 Å². The molecule has 0 radical (unpaired) electrons. The maximum Gasteiger partial charge on any atom is 0.314 e. The molecule has 0 aromatic heterocycles. The van der Waals surface area contributed by atoms with E-state index in [1.807, 2.05) is 0 Å². The lowest BCUT2D eigenvalue weighted by molar-refractivity contribution is -0.145. The van der Waals surface area contributed by atoms with Gasteiger partial charge >= 0.3 is 5.97 Å². The molecular formula is C17H22F2O4. The molecule has 0 bridgehead atoms. The number of methoxy groups -OCH3 is 2. The van der Waals surface area contributed by atoms with Gasteiger partial charge in [-0.25, -0.2) is 8.78 Å². The summed E-state index contributed by atoms with van der Waals surface area (Å²) < 4.78 is 38.2. The number of carbonyl (C=O) groups is 1. The highest BCUT2D eigenvalue weighted by Gasteiger charge is 2.45. The molecule has 0 heterocycles. The second kappa shape index (κ2) is 6.34. The molecule has 1 N–H and O–H groups in total. The SMILES string of the molecule is COc1cc(C(C)(F)F)cc(C2(C(=O)O)CCCCC2)c1OC. The van der Waals surface area contributed by atoms with E-state index in [4.69, 9.17) is 9.47 Å². The summed E-state index contributed by atoms with van der Waals surface area (Å²) in [5.41, 5.74) is -1.20. The first kappa shape index (κ1) is 17.5. The number of carboxylic acid groups (broad SMARTS) is 1. The smallest absolute Gasteiger partial charge is 0.314 e. The van der Waals surface area contributed by atoms with E-state index >= 15 is 0 Å². The minimum absolute atomic E-state index is 0.132. The number of hydrogen-bond acceptors (Lipinski definition) is 3. The van der Waals surface area contributed by atoms with Crippen molar-refractivity contribution in [1.82, 2.24) is 0 Å². The van der Waals surface area contributed by atoms with Crippen LogP contribution in [0.3, 0.4) is 0 Å². The van der Waals surface area contributed by atoms with Crippen LogP contribution in [0, 0.1) is 0 Å². The Hall–Kier alpha value is -1.85. The Morgan fingerprint density at radius 1 is 1.17 bits per heavy atom. The molecule has 1 aliphatic rings. The highest BCUT2D eigenvalue weighted by molar-refractivity contribution is 5.83. The summed E-state index contributed by atoms with van der Waals surface area (Å²) in [6.45, 7) is 0.784. The summed E-state index contributed by atoms with van der Waals surface area (Å²) in [5.74, 6) is -3.74. The van der Waals surface area contributed by atoms with Crippen molar-refractivity contribution in [3.05, 3.63) is 23.3 Å². The van der Waals surface area contributed by atoms with Gasteiger partial charge in [-0.2, -0.15) is 0 Å². The lowest BCUT2D eigenvalue weighted by Crippen LogP contribution is -2.38. The van der Waals surface area contributed by atoms with Crippen LogP contribution in [-0.2, 0) is 16.1 Å². The van der Waals surface area contributed by atoms with E-state index in [2.05, 4.69) is 0 Å². The first-order chi connectivity index (χ1) is 10.8. The average Bonchev–Trinajstić information content (AvgIpc) is 2.53. The van der Waals surface area contributed by atoms with Crippen molar-refractivity contribution in [2.75, 3.05) is 14.2 Å². The third-order valence-electron chi connectivity index (χ3n) is 4.62. The Bertz CT molecular complexity index is 587. The summed E-state index contributed by atoms with van der Waals surface area (Å²) in [4.78, 5) is 12.0. The van der Waals surface area contributed by atoms with Gasteiger partial charge in [0.2, 0.25) is 0 Å². The van der Waals surface area contributed by atoms with Crippen LogP contribution >= 0.6 is 0 Å². The number of rotatable bonds is 5. The standard InChI is InChI=1S/C17H22F2O4/c1-16(18,19)11-9-12(14(23-3)13(10-11)22-2)17(15(20)21)7-5-4-6-8-17/h9-10H,4-8H2,1-3H3,(H,20,21). The highest BCUT2D eigenvalue weighted by atomic mass is 19.3. The monoisotopic (exact) mass is 328 g/mol. The summed E-state index contributed by atoms with van der Waals surface area (Å²) in [6, 6.07) is 2.47. The molecule has 0 atom stereocenters. The molecule has 6 heteroatoms. The summed E-state index contributed by atoms with van der Waals surface area (Å²) in [7, 11) is 2.75. The van der Waals surface area contributed by atoms with Crippen LogP contribution in [-0.4, -0.2) is 25.3 Å². The average molecular weight is 328 g/mol. The van der Waals surface area contributed by atoms with Crippen LogP contribution in [0.2, 0.25) is 0 Å². The second-order valence-corrected chi connectivity index (χ2v) is 6.10. The van der Waals surface area contributed by atoms with Gasteiger partial charge in [-0.3, -0.25) is 4.79 Å².